The number of anilines is 1. The van der Waals surface area contributed by atoms with Crippen LogP contribution < -0.4 is 16.8 Å². The summed E-state index contributed by atoms with van der Waals surface area (Å²) in [5, 5.41) is 4.80. The molecule has 1 aromatic heterocycles. The highest BCUT2D eigenvalue weighted by Crippen LogP contribution is 2.26. The second-order valence-electron chi connectivity index (χ2n) is 8.98. The van der Waals surface area contributed by atoms with E-state index in [1.54, 1.807) is 0 Å². The fourth-order valence-electron chi connectivity index (χ4n) is 4.26. The summed E-state index contributed by atoms with van der Waals surface area (Å²) in [5.74, 6) is -0.468. The van der Waals surface area contributed by atoms with Gasteiger partial charge in [0, 0.05) is 66.8 Å². The molecule has 0 amide bonds. The Morgan fingerprint density at radius 2 is 1.82 bits per heavy atom. The van der Waals surface area contributed by atoms with Crippen molar-refractivity contribution in [3.05, 3.63) is 70.6 Å². The van der Waals surface area contributed by atoms with Gasteiger partial charge < -0.3 is 16.8 Å². The summed E-state index contributed by atoms with van der Waals surface area (Å²) < 4.78 is 14.3. The van der Waals surface area contributed by atoms with Crippen molar-refractivity contribution in [3.8, 4) is 0 Å². The lowest BCUT2D eigenvalue weighted by molar-refractivity contribution is 0.111. The van der Waals surface area contributed by atoms with Crippen molar-refractivity contribution in [1.82, 2.24) is 14.8 Å². The zero-order valence-corrected chi connectivity index (χ0v) is 20.4. The van der Waals surface area contributed by atoms with Crippen LogP contribution in [-0.2, 0) is 0 Å². The van der Waals surface area contributed by atoms with Crippen LogP contribution in [0.2, 0.25) is 5.02 Å². The third kappa shape index (κ3) is 5.60. The molecular formula is C26H32ClFN6. The van der Waals surface area contributed by atoms with Crippen LogP contribution in [0, 0.1) is 5.82 Å². The Kier molecular flexibility index (Phi) is 7.56. The maximum absolute atomic E-state index is 14.3. The van der Waals surface area contributed by atoms with Gasteiger partial charge in [0.15, 0.2) is 0 Å². The molecule has 6 nitrogen and oxygen atoms in total. The Bertz CT molecular complexity index is 1190. The number of nitrogens with zero attached hydrogens (tertiary/aromatic N) is 3. The third-order valence-electron chi connectivity index (χ3n) is 6.40. The maximum Gasteiger partial charge on any atom is 0.132 e. The van der Waals surface area contributed by atoms with Crippen molar-refractivity contribution in [2.24, 2.45) is 11.5 Å². The van der Waals surface area contributed by atoms with Gasteiger partial charge in [0.2, 0.25) is 0 Å². The van der Waals surface area contributed by atoms with E-state index in [0.29, 0.717) is 22.3 Å². The van der Waals surface area contributed by atoms with Crippen LogP contribution in [0.3, 0.4) is 0 Å². The minimum atomic E-state index is -0.468. The first-order valence-corrected chi connectivity index (χ1v) is 12.0. The fourth-order valence-corrected chi connectivity index (χ4v) is 4.43. The van der Waals surface area contributed by atoms with Crippen molar-refractivity contribution >= 4 is 39.6 Å². The van der Waals surface area contributed by atoms with Gasteiger partial charge in [-0.25, -0.2) is 4.39 Å². The van der Waals surface area contributed by atoms with E-state index in [1.807, 2.05) is 30.5 Å². The lowest BCUT2D eigenvalue weighted by Crippen LogP contribution is -2.49. The molecule has 5 N–H and O–H groups in total. The molecule has 180 valence electrons. The molecule has 0 unspecified atom stereocenters. The number of nitrogens with one attached hydrogen (secondary N) is 1. The Hall–Kier alpha value is -2.87. The van der Waals surface area contributed by atoms with E-state index in [4.69, 9.17) is 23.1 Å². The quantitative estimate of drug-likeness (QED) is 0.437. The second-order valence-corrected chi connectivity index (χ2v) is 9.42. The third-order valence-corrected chi connectivity index (χ3v) is 6.63. The minimum absolute atomic E-state index is 0.152. The van der Waals surface area contributed by atoms with Gasteiger partial charge >= 0.3 is 0 Å². The van der Waals surface area contributed by atoms with Crippen LogP contribution in [0.4, 0.5) is 10.1 Å². The normalized spacial score (nSPS) is 16.1. The van der Waals surface area contributed by atoms with E-state index in [-0.39, 0.29) is 11.3 Å². The summed E-state index contributed by atoms with van der Waals surface area (Å²) in [6, 6.07) is 12.5. The zero-order valence-electron chi connectivity index (χ0n) is 19.7. The van der Waals surface area contributed by atoms with Gasteiger partial charge in [0.25, 0.3) is 0 Å². The second kappa shape index (κ2) is 10.6. The molecule has 4 rings (SSSR count). The van der Waals surface area contributed by atoms with Gasteiger partial charge in [-0.05, 0) is 50.2 Å². The smallest absolute Gasteiger partial charge is 0.132 e. The number of halogens is 2. The Morgan fingerprint density at radius 3 is 2.56 bits per heavy atom. The van der Waals surface area contributed by atoms with E-state index >= 15 is 0 Å². The summed E-state index contributed by atoms with van der Waals surface area (Å²) in [5.41, 5.74) is 15.6. The lowest BCUT2D eigenvalue weighted by Gasteiger charge is -2.36. The molecule has 0 radical (unpaired) electrons. The van der Waals surface area contributed by atoms with E-state index in [2.05, 4.69) is 33.9 Å². The zero-order chi connectivity index (χ0) is 24.2. The van der Waals surface area contributed by atoms with Crippen molar-refractivity contribution in [2.75, 3.05) is 44.6 Å². The Morgan fingerprint density at radius 1 is 1.06 bits per heavy atom. The van der Waals surface area contributed by atoms with Gasteiger partial charge in [0.05, 0.1) is 28.8 Å². The van der Waals surface area contributed by atoms with Crippen molar-refractivity contribution < 1.29 is 4.39 Å². The van der Waals surface area contributed by atoms with Crippen molar-refractivity contribution in [2.45, 2.75) is 19.9 Å². The summed E-state index contributed by atoms with van der Waals surface area (Å²) in [6.07, 6.45) is 1.84. The molecule has 3 aromatic rings. The lowest BCUT2D eigenvalue weighted by atomic mass is 10.0. The standard InChI is InChI=1S/C26H32ClFN6/c1-17(2)34-11-9-33(10-12-34)8-7-31-21-14-19-13-18(3-6-24(19)32-16-21)25(29)26(30)22-15-20(27)4-5-23(22)28/h3-6,13-17,31H,7-12,29-30H2,1-2H3/b26-25-. The molecule has 2 heterocycles. The molecule has 0 atom stereocenters. The number of hydrogen-bond acceptors (Lipinski definition) is 6. The highest BCUT2D eigenvalue weighted by atomic mass is 35.5. The van der Waals surface area contributed by atoms with Gasteiger partial charge in [0.1, 0.15) is 5.82 Å². The molecule has 0 saturated carbocycles. The molecule has 34 heavy (non-hydrogen) atoms. The Balaban J connectivity index is 1.45. The molecule has 0 aliphatic carbocycles. The van der Waals surface area contributed by atoms with Gasteiger partial charge in [-0.2, -0.15) is 0 Å². The summed E-state index contributed by atoms with van der Waals surface area (Å²) in [4.78, 5) is 9.56. The number of nitrogens with two attached hydrogens (primary N) is 2. The molecule has 1 saturated heterocycles. The number of benzene rings is 2. The van der Waals surface area contributed by atoms with Crippen LogP contribution in [0.5, 0.6) is 0 Å². The van der Waals surface area contributed by atoms with Gasteiger partial charge in [-0.3, -0.25) is 14.8 Å². The van der Waals surface area contributed by atoms with Crippen LogP contribution in [0.1, 0.15) is 25.0 Å². The minimum Gasteiger partial charge on any atom is -0.397 e. The van der Waals surface area contributed by atoms with Crippen LogP contribution in [-0.4, -0.2) is 60.1 Å². The van der Waals surface area contributed by atoms with Gasteiger partial charge in [-0.15, -0.1) is 0 Å². The monoisotopic (exact) mass is 482 g/mol. The van der Waals surface area contributed by atoms with E-state index in [9.17, 15) is 4.39 Å². The fraction of sp³-hybridized carbons (Fsp3) is 0.346. The number of pyridine rings is 1. The summed E-state index contributed by atoms with van der Waals surface area (Å²) in [6.45, 7) is 10.8. The molecule has 8 heteroatoms. The van der Waals surface area contributed by atoms with Crippen molar-refractivity contribution in [3.63, 3.8) is 0 Å². The van der Waals surface area contributed by atoms with E-state index in [1.165, 1.54) is 18.2 Å². The number of piperazine rings is 1. The molecule has 1 aliphatic heterocycles. The summed E-state index contributed by atoms with van der Waals surface area (Å²) >= 11 is 6.01. The predicted molar refractivity (Wildman–Crippen MR) is 140 cm³/mol. The topological polar surface area (TPSA) is 83.4 Å². The van der Waals surface area contributed by atoms with Crippen LogP contribution in [0.25, 0.3) is 22.3 Å². The first kappa shape index (κ1) is 24.3. The van der Waals surface area contributed by atoms with Gasteiger partial charge in [-0.1, -0.05) is 17.7 Å². The molecular weight excluding hydrogens is 451 g/mol. The van der Waals surface area contributed by atoms with Crippen molar-refractivity contribution in [1.29, 1.82) is 0 Å². The molecule has 0 bridgehead atoms. The molecule has 1 aliphatic rings. The molecule has 0 spiro atoms. The maximum atomic E-state index is 14.3. The van der Waals surface area contributed by atoms with Crippen LogP contribution >= 0.6 is 11.6 Å². The number of hydrogen-bond donors (Lipinski definition) is 3. The highest BCUT2D eigenvalue weighted by Gasteiger charge is 2.18. The predicted octanol–water partition coefficient (Wildman–Crippen LogP) is 4.21. The average molecular weight is 483 g/mol. The van der Waals surface area contributed by atoms with E-state index in [0.717, 1.165) is 55.9 Å². The first-order valence-electron chi connectivity index (χ1n) is 11.6. The van der Waals surface area contributed by atoms with E-state index < -0.39 is 5.82 Å². The number of rotatable bonds is 7. The number of aromatic nitrogens is 1. The average Bonchev–Trinajstić information content (AvgIpc) is 2.84. The molecule has 1 fully saturated rings. The summed E-state index contributed by atoms with van der Waals surface area (Å²) in [7, 11) is 0. The number of fused-ring (bicyclic) bond motifs is 1. The highest BCUT2D eigenvalue weighted by molar-refractivity contribution is 6.30. The SMILES string of the molecule is CC(C)N1CCN(CCNc2cnc3ccc(/C(N)=C(/N)c4cc(Cl)ccc4F)cc3c2)CC1. The molecule has 2 aromatic carbocycles. The largest absolute Gasteiger partial charge is 0.397 e. The Labute approximate surface area is 205 Å². The van der Waals surface area contributed by atoms with Crippen LogP contribution in [0.15, 0.2) is 48.7 Å². The first-order chi connectivity index (χ1) is 16.3.